The van der Waals surface area contributed by atoms with E-state index in [1.165, 1.54) is 19.5 Å². The molecule has 3 heteroatoms. The van der Waals surface area contributed by atoms with Gasteiger partial charge in [-0.25, -0.2) is 0 Å². The summed E-state index contributed by atoms with van der Waals surface area (Å²) in [7, 11) is 0. The van der Waals surface area contributed by atoms with Crippen molar-refractivity contribution < 1.29 is 0 Å². The zero-order valence-corrected chi connectivity index (χ0v) is 13.4. The van der Waals surface area contributed by atoms with E-state index in [-0.39, 0.29) is 0 Å². The number of hydrogen-bond acceptors (Lipinski definition) is 3. The standard InChI is InChI=1S/C15H35N3/c1-13(2)12-18(11-9-17-15(5)6)10-7-8-16-14(3)4/h13-17H,7-12H2,1-6H3. The Kier molecular flexibility index (Phi) is 10.7. The van der Waals surface area contributed by atoms with E-state index in [0.29, 0.717) is 12.1 Å². The monoisotopic (exact) mass is 257 g/mol. The van der Waals surface area contributed by atoms with Gasteiger partial charge in [0.25, 0.3) is 0 Å². The number of hydrogen-bond donors (Lipinski definition) is 2. The fourth-order valence-corrected chi connectivity index (χ4v) is 2.02. The van der Waals surface area contributed by atoms with Crippen LogP contribution in [0.25, 0.3) is 0 Å². The summed E-state index contributed by atoms with van der Waals surface area (Å²) in [5.74, 6) is 0.752. The lowest BCUT2D eigenvalue weighted by Gasteiger charge is -2.25. The third kappa shape index (κ3) is 12.3. The van der Waals surface area contributed by atoms with Crippen LogP contribution < -0.4 is 10.6 Å². The maximum absolute atomic E-state index is 3.50. The summed E-state index contributed by atoms with van der Waals surface area (Å²) in [4.78, 5) is 2.59. The van der Waals surface area contributed by atoms with Gasteiger partial charge in [0.1, 0.15) is 0 Å². The highest BCUT2D eigenvalue weighted by molar-refractivity contribution is 4.65. The zero-order chi connectivity index (χ0) is 14.0. The molecule has 0 aliphatic heterocycles. The normalized spacial score (nSPS) is 12.3. The van der Waals surface area contributed by atoms with Gasteiger partial charge in [-0.05, 0) is 25.4 Å². The van der Waals surface area contributed by atoms with Gasteiger partial charge in [0.05, 0.1) is 0 Å². The summed E-state index contributed by atoms with van der Waals surface area (Å²) in [5.41, 5.74) is 0. The summed E-state index contributed by atoms with van der Waals surface area (Å²) in [5, 5.41) is 6.99. The second kappa shape index (κ2) is 10.8. The maximum atomic E-state index is 3.50. The van der Waals surface area contributed by atoms with Crippen LogP contribution in [0.5, 0.6) is 0 Å². The third-order valence-corrected chi connectivity index (χ3v) is 2.81. The van der Waals surface area contributed by atoms with E-state index in [2.05, 4.69) is 57.1 Å². The predicted octanol–water partition coefficient (Wildman–Crippen LogP) is 2.33. The second-order valence-corrected chi connectivity index (χ2v) is 6.27. The van der Waals surface area contributed by atoms with Crippen LogP contribution in [0.2, 0.25) is 0 Å². The Morgan fingerprint density at radius 2 is 1.33 bits per heavy atom. The molecule has 0 aromatic rings. The quantitative estimate of drug-likeness (QED) is 0.556. The molecule has 0 saturated heterocycles. The van der Waals surface area contributed by atoms with Gasteiger partial charge >= 0.3 is 0 Å². The Balaban J connectivity index is 3.77. The Morgan fingerprint density at radius 3 is 1.83 bits per heavy atom. The van der Waals surface area contributed by atoms with Gasteiger partial charge in [0.15, 0.2) is 0 Å². The highest BCUT2D eigenvalue weighted by atomic mass is 15.1. The fourth-order valence-electron chi connectivity index (χ4n) is 2.02. The van der Waals surface area contributed by atoms with Gasteiger partial charge in [0, 0.05) is 31.7 Å². The van der Waals surface area contributed by atoms with Crippen LogP contribution in [0, 0.1) is 5.92 Å². The van der Waals surface area contributed by atoms with Crippen LogP contribution in [0.4, 0.5) is 0 Å². The number of rotatable bonds is 11. The van der Waals surface area contributed by atoms with Gasteiger partial charge in [-0.3, -0.25) is 0 Å². The molecule has 0 heterocycles. The van der Waals surface area contributed by atoms with Crippen molar-refractivity contribution in [3.63, 3.8) is 0 Å². The lowest BCUT2D eigenvalue weighted by atomic mass is 10.2. The number of nitrogens with zero attached hydrogens (tertiary/aromatic N) is 1. The molecule has 2 N–H and O–H groups in total. The van der Waals surface area contributed by atoms with Gasteiger partial charge in [0.2, 0.25) is 0 Å². The summed E-state index contributed by atoms with van der Waals surface area (Å²) in [6.07, 6.45) is 1.24. The van der Waals surface area contributed by atoms with Crippen molar-refractivity contribution in [1.82, 2.24) is 15.5 Å². The topological polar surface area (TPSA) is 27.3 Å². The summed E-state index contributed by atoms with van der Waals surface area (Å²) < 4.78 is 0. The lowest BCUT2D eigenvalue weighted by molar-refractivity contribution is 0.238. The van der Waals surface area contributed by atoms with Crippen molar-refractivity contribution >= 4 is 0 Å². The van der Waals surface area contributed by atoms with Crippen molar-refractivity contribution in [2.75, 3.05) is 32.7 Å². The van der Waals surface area contributed by atoms with Crippen molar-refractivity contribution in [3.8, 4) is 0 Å². The summed E-state index contributed by atoms with van der Waals surface area (Å²) in [6.45, 7) is 19.2. The van der Waals surface area contributed by atoms with Crippen molar-refractivity contribution in [2.24, 2.45) is 5.92 Å². The molecule has 0 spiro atoms. The molecule has 0 radical (unpaired) electrons. The van der Waals surface area contributed by atoms with Gasteiger partial charge in [-0.2, -0.15) is 0 Å². The smallest absolute Gasteiger partial charge is 0.0107 e. The highest BCUT2D eigenvalue weighted by Gasteiger charge is 2.07. The van der Waals surface area contributed by atoms with E-state index >= 15 is 0 Å². The van der Waals surface area contributed by atoms with Crippen molar-refractivity contribution in [1.29, 1.82) is 0 Å². The van der Waals surface area contributed by atoms with E-state index in [0.717, 1.165) is 25.6 Å². The van der Waals surface area contributed by atoms with Crippen LogP contribution in [-0.4, -0.2) is 49.7 Å². The maximum Gasteiger partial charge on any atom is 0.0107 e. The Morgan fingerprint density at radius 1 is 0.778 bits per heavy atom. The minimum absolute atomic E-state index is 0.591. The minimum atomic E-state index is 0.591. The molecule has 3 nitrogen and oxygen atoms in total. The molecule has 0 saturated carbocycles. The first kappa shape index (κ1) is 17.9. The molecule has 0 atom stereocenters. The zero-order valence-electron chi connectivity index (χ0n) is 13.4. The minimum Gasteiger partial charge on any atom is -0.314 e. The molecule has 110 valence electrons. The SMILES string of the molecule is CC(C)CN(CCCNC(C)C)CCNC(C)C. The van der Waals surface area contributed by atoms with Crippen LogP contribution in [0.3, 0.4) is 0 Å². The molecule has 0 aliphatic rings. The van der Waals surface area contributed by atoms with Crippen LogP contribution in [-0.2, 0) is 0 Å². The molecule has 0 fully saturated rings. The Hall–Kier alpha value is -0.120. The molecule has 0 unspecified atom stereocenters. The largest absolute Gasteiger partial charge is 0.314 e. The van der Waals surface area contributed by atoms with Crippen LogP contribution >= 0.6 is 0 Å². The van der Waals surface area contributed by atoms with E-state index < -0.39 is 0 Å². The van der Waals surface area contributed by atoms with Crippen molar-refractivity contribution in [2.45, 2.75) is 60.0 Å². The highest BCUT2D eigenvalue weighted by Crippen LogP contribution is 1.99. The molecular weight excluding hydrogens is 222 g/mol. The molecule has 0 amide bonds. The van der Waals surface area contributed by atoms with E-state index in [4.69, 9.17) is 0 Å². The summed E-state index contributed by atoms with van der Waals surface area (Å²) in [6, 6.07) is 1.19. The average molecular weight is 257 g/mol. The first-order chi connectivity index (χ1) is 8.41. The molecular formula is C15H35N3. The molecule has 0 aromatic heterocycles. The first-order valence-corrected chi connectivity index (χ1v) is 7.61. The lowest BCUT2D eigenvalue weighted by Crippen LogP contribution is -2.38. The van der Waals surface area contributed by atoms with Gasteiger partial charge in [-0.1, -0.05) is 41.5 Å². The van der Waals surface area contributed by atoms with Crippen LogP contribution in [0.1, 0.15) is 48.0 Å². The Bertz CT molecular complexity index is 179. The molecule has 0 aromatic carbocycles. The predicted molar refractivity (Wildman–Crippen MR) is 82.2 cm³/mol. The first-order valence-electron chi connectivity index (χ1n) is 7.61. The molecule has 0 rings (SSSR count). The fraction of sp³-hybridized carbons (Fsp3) is 1.00. The van der Waals surface area contributed by atoms with Gasteiger partial charge in [-0.15, -0.1) is 0 Å². The summed E-state index contributed by atoms with van der Waals surface area (Å²) >= 11 is 0. The van der Waals surface area contributed by atoms with Gasteiger partial charge < -0.3 is 15.5 Å². The van der Waals surface area contributed by atoms with Crippen LogP contribution in [0.15, 0.2) is 0 Å². The third-order valence-electron chi connectivity index (χ3n) is 2.81. The average Bonchev–Trinajstić information content (AvgIpc) is 2.22. The van der Waals surface area contributed by atoms with Crippen molar-refractivity contribution in [3.05, 3.63) is 0 Å². The second-order valence-electron chi connectivity index (χ2n) is 6.27. The molecule has 18 heavy (non-hydrogen) atoms. The number of nitrogens with one attached hydrogen (secondary N) is 2. The molecule has 0 bridgehead atoms. The molecule has 0 aliphatic carbocycles. The van der Waals surface area contributed by atoms with E-state index in [1.54, 1.807) is 0 Å². The van der Waals surface area contributed by atoms with E-state index in [9.17, 15) is 0 Å². The Labute approximate surface area is 115 Å². The van der Waals surface area contributed by atoms with E-state index in [1.807, 2.05) is 0 Å².